The van der Waals surface area contributed by atoms with Crippen LogP contribution in [0.5, 0.6) is 0 Å². The van der Waals surface area contributed by atoms with Crippen LogP contribution in [0.4, 0.5) is 0 Å². The molecule has 1 amide bonds. The second-order valence-corrected chi connectivity index (χ2v) is 7.91. The lowest BCUT2D eigenvalue weighted by Gasteiger charge is -2.29. The van der Waals surface area contributed by atoms with E-state index in [-0.39, 0.29) is 11.3 Å². The summed E-state index contributed by atoms with van der Waals surface area (Å²) in [5.41, 5.74) is 0. The van der Waals surface area contributed by atoms with E-state index in [4.69, 9.17) is 0 Å². The number of nitrogens with one attached hydrogen (secondary N) is 1. The molecule has 0 radical (unpaired) electrons. The predicted molar refractivity (Wildman–Crippen MR) is 89.7 cm³/mol. The third-order valence-electron chi connectivity index (χ3n) is 4.19. The van der Waals surface area contributed by atoms with Gasteiger partial charge >= 0.3 is 11.9 Å². The van der Waals surface area contributed by atoms with Crippen LogP contribution in [0, 0.1) is 0 Å². The average molecular weight is 362 g/mol. The second-order valence-electron chi connectivity index (χ2n) is 5.71. The van der Waals surface area contributed by atoms with Crippen molar-refractivity contribution in [3.05, 3.63) is 0 Å². The number of carboxylic acid groups (broad SMARTS) is 2. The minimum absolute atomic E-state index is 0.107. The summed E-state index contributed by atoms with van der Waals surface area (Å²) >= 11 is 3.05. The van der Waals surface area contributed by atoms with E-state index in [1.807, 2.05) is 6.26 Å². The lowest BCUT2D eigenvalue weighted by atomic mass is 10.1. The van der Waals surface area contributed by atoms with Crippen LogP contribution in [0.25, 0.3) is 0 Å². The summed E-state index contributed by atoms with van der Waals surface area (Å²) in [5.74, 6) is -1.16. The molecular formula is C14H22N2O5S2. The number of carbonyl (C=O) groups is 3. The number of aliphatic carboxylic acids is 2. The quantitative estimate of drug-likeness (QED) is 0.607. The Labute approximate surface area is 143 Å². The van der Waals surface area contributed by atoms with E-state index in [2.05, 4.69) is 5.32 Å². The minimum Gasteiger partial charge on any atom is -0.480 e. The van der Waals surface area contributed by atoms with E-state index < -0.39 is 30.1 Å². The van der Waals surface area contributed by atoms with Crippen molar-refractivity contribution in [3.8, 4) is 0 Å². The van der Waals surface area contributed by atoms with E-state index in [1.54, 1.807) is 11.8 Å². The first kappa shape index (κ1) is 18.4. The van der Waals surface area contributed by atoms with E-state index in [9.17, 15) is 24.6 Å². The Balaban J connectivity index is 2.10. The Kier molecular flexibility index (Phi) is 6.60. The van der Waals surface area contributed by atoms with Crippen LogP contribution in [0.15, 0.2) is 0 Å². The maximum atomic E-state index is 12.8. The first-order valence-corrected chi connectivity index (χ1v) is 10.0. The van der Waals surface area contributed by atoms with Gasteiger partial charge in [-0.15, -0.1) is 11.8 Å². The van der Waals surface area contributed by atoms with Gasteiger partial charge < -0.3 is 15.1 Å². The van der Waals surface area contributed by atoms with Crippen LogP contribution in [0.3, 0.4) is 0 Å². The van der Waals surface area contributed by atoms with E-state index in [0.29, 0.717) is 24.3 Å². The van der Waals surface area contributed by atoms with Crippen LogP contribution in [0.2, 0.25) is 0 Å². The first-order chi connectivity index (χ1) is 11.0. The SMILES string of the molecule is CSCCC(N[C@@H]1CCC[C@@H]2SC[C@H](C(=O)O)N2C1=O)C(=O)O. The molecule has 2 fully saturated rings. The molecule has 2 saturated heterocycles. The highest BCUT2D eigenvalue weighted by Crippen LogP contribution is 2.35. The molecule has 2 aliphatic heterocycles. The van der Waals surface area contributed by atoms with Crippen molar-refractivity contribution < 1.29 is 24.6 Å². The zero-order valence-corrected chi connectivity index (χ0v) is 14.6. The number of carbonyl (C=O) groups excluding carboxylic acids is 1. The number of nitrogens with zero attached hydrogens (tertiary/aromatic N) is 1. The van der Waals surface area contributed by atoms with E-state index >= 15 is 0 Å². The molecular weight excluding hydrogens is 340 g/mol. The maximum absolute atomic E-state index is 12.8. The van der Waals surface area contributed by atoms with Crippen molar-refractivity contribution in [2.24, 2.45) is 0 Å². The average Bonchev–Trinajstić information content (AvgIpc) is 2.86. The fraction of sp³-hybridized carbons (Fsp3) is 0.786. The zero-order chi connectivity index (χ0) is 17.0. The van der Waals surface area contributed by atoms with Gasteiger partial charge in [0.05, 0.1) is 11.4 Å². The largest absolute Gasteiger partial charge is 0.480 e. The summed E-state index contributed by atoms with van der Waals surface area (Å²) in [4.78, 5) is 37.0. The maximum Gasteiger partial charge on any atom is 0.327 e. The van der Waals surface area contributed by atoms with Gasteiger partial charge in [0.2, 0.25) is 5.91 Å². The van der Waals surface area contributed by atoms with Crippen LogP contribution >= 0.6 is 23.5 Å². The number of fused-ring (bicyclic) bond motifs is 1. The molecule has 4 atom stereocenters. The van der Waals surface area contributed by atoms with Crippen LogP contribution in [-0.2, 0) is 14.4 Å². The molecule has 0 aliphatic carbocycles. The molecule has 2 aliphatic rings. The van der Waals surface area contributed by atoms with Crippen LogP contribution in [0.1, 0.15) is 25.7 Å². The molecule has 7 nitrogen and oxygen atoms in total. The normalized spacial score (nSPS) is 29.0. The monoisotopic (exact) mass is 362 g/mol. The molecule has 0 aromatic rings. The number of thioether (sulfide) groups is 2. The van der Waals surface area contributed by atoms with Gasteiger partial charge in [0, 0.05) is 5.75 Å². The molecule has 0 bridgehead atoms. The Morgan fingerprint density at radius 2 is 2.17 bits per heavy atom. The molecule has 3 N–H and O–H groups in total. The lowest BCUT2D eigenvalue weighted by molar-refractivity contribution is -0.150. The number of carboxylic acids is 2. The van der Waals surface area contributed by atoms with E-state index in [0.717, 1.165) is 12.8 Å². The molecule has 9 heteroatoms. The molecule has 23 heavy (non-hydrogen) atoms. The highest BCUT2D eigenvalue weighted by molar-refractivity contribution is 8.00. The summed E-state index contributed by atoms with van der Waals surface area (Å²) in [6.07, 6.45) is 4.40. The fourth-order valence-corrected chi connectivity index (χ4v) is 4.91. The van der Waals surface area contributed by atoms with Crippen LogP contribution in [-0.4, -0.2) is 74.2 Å². The summed E-state index contributed by atoms with van der Waals surface area (Å²) in [5, 5.41) is 21.5. The molecule has 2 heterocycles. The summed E-state index contributed by atoms with van der Waals surface area (Å²) < 4.78 is 0. The molecule has 0 aromatic heterocycles. The summed E-state index contributed by atoms with van der Waals surface area (Å²) in [7, 11) is 0. The first-order valence-electron chi connectivity index (χ1n) is 7.60. The number of hydrogen-bond acceptors (Lipinski definition) is 6. The van der Waals surface area contributed by atoms with Crippen molar-refractivity contribution in [2.75, 3.05) is 17.8 Å². The molecule has 1 unspecified atom stereocenters. The third kappa shape index (κ3) is 4.33. The minimum atomic E-state index is -0.994. The van der Waals surface area contributed by atoms with Gasteiger partial charge in [0.1, 0.15) is 12.1 Å². The van der Waals surface area contributed by atoms with Gasteiger partial charge in [0.15, 0.2) is 0 Å². The van der Waals surface area contributed by atoms with Gasteiger partial charge in [-0.2, -0.15) is 11.8 Å². The number of amides is 1. The number of rotatable bonds is 7. The smallest absolute Gasteiger partial charge is 0.327 e. The summed E-state index contributed by atoms with van der Waals surface area (Å²) in [6.45, 7) is 0. The third-order valence-corrected chi connectivity index (χ3v) is 6.18. The van der Waals surface area contributed by atoms with Gasteiger partial charge in [0.25, 0.3) is 0 Å². The predicted octanol–water partition coefficient (Wildman–Crippen LogP) is 0.690. The van der Waals surface area contributed by atoms with Crippen LogP contribution < -0.4 is 5.32 Å². The van der Waals surface area contributed by atoms with Gasteiger partial charge in [-0.05, 0) is 37.7 Å². The topological polar surface area (TPSA) is 107 Å². The number of hydrogen-bond donors (Lipinski definition) is 3. The van der Waals surface area contributed by atoms with Crippen molar-refractivity contribution in [3.63, 3.8) is 0 Å². The zero-order valence-electron chi connectivity index (χ0n) is 12.9. The van der Waals surface area contributed by atoms with Crippen molar-refractivity contribution in [1.29, 1.82) is 0 Å². The molecule has 0 saturated carbocycles. The highest BCUT2D eigenvalue weighted by Gasteiger charge is 2.45. The van der Waals surface area contributed by atoms with Gasteiger partial charge in [-0.1, -0.05) is 0 Å². The fourth-order valence-electron chi connectivity index (χ4n) is 2.98. The van der Waals surface area contributed by atoms with Crippen molar-refractivity contribution in [1.82, 2.24) is 10.2 Å². The second kappa shape index (κ2) is 8.25. The Morgan fingerprint density at radius 3 is 2.78 bits per heavy atom. The summed E-state index contributed by atoms with van der Waals surface area (Å²) in [6, 6.07) is -2.22. The molecule has 0 spiro atoms. The van der Waals surface area contributed by atoms with Gasteiger partial charge in [-0.3, -0.25) is 14.9 Å². The molecule has 130 valence electrons. The molecule has 2 rings (SSSR count). The Morgan fingerprint density at radius 1 is 1.43 bits per heavy atom. The van der Waals surface area contributed by atoms with Gasteiger partial charge in [-0.25, -0.2) is 4.79 Å². The lowest BCUT2D eigenvalue weighted by Crippen LogP contribution is -2.55. The highest BCUT2D eigenvalue weighted by atomic mass is 32.2. The Hall–Kier alpha value is -0.930. The van der Waals surface area contributed by atoms with Crippen molar-refractivity contribution in [2.45, 2.75) is 49.2 Å². The molecule has 0 aromatic carbocycles. The van der Waals surface area contributed by atoms with E-state index in [1.165, 1.54) is 16.7 Å². The standard InChI is InChI=1S/C14H22N2O5S2/c1-22-6-5-9(13(18)19)15-8-3-2-4-11-16(12(8)17)10(7-23-11)14(20)21/h8-11,15H,2-7H2,1H3,(H,18,19)(H,20,21)/t8-,9?,10-,11+/m1/s1. The Bertz CT molecular complexity index is 476. The van der Waals surface area contributed by atoms with Crippen molar-refractivity contribution >= 4 is 41.4 Å².